The number of hydrogen-bond donors (Lipinski definition) is 1. The highest BCUT2D eigenvalue weighted by atomic mass is 35.5. The summed E-state index contributed by atoms with van der Waals surface area (Å²) in [5.74, 6) is 0. The predicted octanol–water partition coefficient (Wildman–Crippen LogP) is 3.13. The number of nitrogens with one attached hydrogen (secondary N) is 1. The SMILES string of the molecule is Cc1c(Cl)ccc2cc[nH]c12. The van der Waals surface area contributed by atoms with Gasteiger partial charge in [-0.15, -0.1) is 0 Å². The standard InChI is InChI=1S/C9H8ClN/c1-6-8(10)3-2-7-4-5-11-9(6)7/h2-5,11H,1H3. The van der Waals surface area contributed by atoms with Gasteiger partial charge >= 0.3 is 0 Å². The van der Waals surface area contributed by atoms with Gasteiger partial charge in [0.25, 0.3) is 0 Å². The molecule has 1 nitrogen and oxygen atoms in total. The van der Waals surface area contributed by atoms with E-state index in [1.54, 1.807) is 0 Å². The van der Waals surface area contributed by atoms with E-state index in [2.05, 4.69) is 4.98 Å². The predicted molar refractivity (Wildman–Crippen MR) is 48.0 cm³/mol. The van der Waals surface area contributed by atoms with Gasteiger partial charge in [0.05, 0.1) is 0 Å². The Bertz CT molecular complexity index is 389. The summed E-state index contributed by atoms with van der Waals surface area (Å²) in [5.41, 5.74) is 2.26. The normalized spacial score (nSPS) is 10.7. The second-order valence-corrected chi connectivity index (χ2v) is 3.02. The van der Waals surface area contributed by atoms with Crippen molar-refractivity contribution < 1.29 is 0 Å². The molecule has 0 fully saturated rings. The van der Waals surface area contributed by atoms with Crippen LogP contribution in [-0.4, -0.2) is 4.98 Å². The van der Waals surface area contributed by atoms with Crippen LogP contribution in [0.5, 0.6) is 0 Å². The van der Waals surface area contributed by atoms with Crippen molar-refractivity contribution in [2.45, 2.75) is 6.92 Å². The van der Waals surface area contributed by atoms with E-state index in [4.69, 9.17) is 11.6 Å². The van der Waals surface area contributed by atoms with Crippen LogP contribution in [0.4, 0.5) is 0 Å². The molecule has 0 saturated heterocycles. The Morgan fingerprint density at radius 1 is 1.27 bits per heavy atom. The van der Waals surface area contributed by atoms with Crippen molar-refractivity contribution in [3.63, 3.8) is 0 Å². The third-order valence-electron chi connectivity index (χ3n) is 1.92. The number of rotatable bonds is 0. The second kappa shape index (κ2) is 2.28. The van der Waals surface area contributed by atoms with Gasteiger partial charge in [-0.25, -0.2) is 0 Å². The first kappa shape index (κ1) is 6.74. The summed E-state index contributed by atoms with van der Waals surface area (Å²) in [6.07, 6.45) is 1.92. The van der Waals surface area contributed by atoms with Crippen LogP contribution in [-0.2, 0) is 0 Å². The quantitative estimate of drug-likeness (QED) is 0.618. The van der Waals surface area contributed by atoms with Gasteiger partial charge < -0.3 is 4.98 Å². The van der Waals surface area contributed by atoms with Gasteiger partial charge in [0, 0.05) is 16.7 Å². The Hall–Kier alpha value is -0.950. The van der Waals surface area contributed by atoms with Crippen molar-refractivity contribution in [2.75, 3.05) is 0 Å². The highest BCUT2D eigenvalue weighted by Crippen LogP contribution is 2.23. The Labute approximate surface area is 70.0 Å². The summed E-state index contributed by atoms with van der Waals surface area (Å²) in [4.78, 5) is 3.14. The third-order valence-corrected chi connectivity index (χ3v) is 2.33. The number of H-pyrrole nitrogens is 1. The lowest BCUT2D eigenvalue weighted by Crippen LogP contribution is -1.76. The van der Waals surface area contributed by atoms with Crippen LogP contribution in [0.25, 0.3) is 10.9 Å². The molecular weight excluding hydrogens is 158 g/mol. The molecule has 0 atom stereocenters. The molecule has 0 radical (unpaired) electrons. The molecule has 1 heterocycles. The fraction of sp³-hybridized carbons (Fsp3) is 0.111. The van der Waals surface area contributed by atoms with Gasteiger partial charge in [-0.1, -0.05) is 17.7 Å². The third kappa shape index (κ3) is 0.925. The van der Waals surface area contributed by atoms with E-state index in [9.17, 15) is 0 Å². The molecule has 0 aliphatic heterocycles. The minimum absolute atomic E-state index is 0.819. The molecule has 0 bridgehead atoms. The molecule has 1 N–H and O–H groups in total. The molecule has 56 valence electrons. The summed E-state index contributed by atoms with van der Waals surface area (Å²) < 4.78 is 0. The fourth-order valence-electron chi connectivity index (χ4n) is 1.25. The second-order valence-electron chi connectivity index (χ2n) is 2.61. The van der Waals surface area contributed by atoms with Crippen LogP contribution in [0, 0.1) is 6.92 Å². The Balaban J connectivity index is 2.93. The smallest absolute Gasteiger partial charge is 0.0498 e. The number of benzene rings is 1. The molecule has 2 aromatic rings. The number of aryl methyl sites for hydroxylation is 1. The summed E-state index contributed by atoms with van der Waals surface area (Å²) in [7, 11) is 0. The summed E-state index contributed by atoms with van der Waals surface area (Å²) in [6, 6.07) is 5.98. The largest absolute Gasteiger partial charge is 0.361 e. The van der Waals surface area contributed by atoms with Crippen LogP contribution < -0.4 is 0 Å². The van der Waals surface area contributed by atoms with Crippen molar-refractivity contribution in [1.29, 1.82) is 0 Å². The number of aromatic amines is 1. The molecule has 0 unspecified atom stereocenters. The van der Waals surface area contributed by atoms with Gasteiger partial charge in [0.15, 0.2) is 0 Å². The lowest BCUT2D eigenvalue weighted by atomic mass is 10.2. The van der Waals surface area contributed by atoms with Crippen molar-refractivity contribution in [2.24, 2.45) is 0 Å². The van der Waals surface area contributed by atoms with E-state index in [0.29, 0.717) is 0 Å². The van der Waals surface area contributed by atoms with Crippen molar-refractivity contribution >= 4 is 22.5 Å². The van der Waals surface area contributed by atoms with Crippen molar-refractivity contribution in [1.82, 2.24) is 4.98 Å². The zero-order chi connectivity index (χ0) is 7.84. The Kier molecular flexibility index (Phi) is 1.40. The molecule has 2 rings (SSSR count). The van der Waals surface area contributed by atoms with E-state index in [1.807, 2.05) is 31.3 Å². The average molecular weight is 166 g/mol. The summed E-state index contributed by atoms with van der Waals surface area (Å²) in [6.45, 7) is 2.02. The number of halogens is 1. The maximum Gasteiger partial charge on any atom is 0.0498 e. The zero-order valence-corrected chi connectivity index (χ0v) is 6.94. The van der Waals surface area contributed by atoms with Gasteiger partial charge in [-0.05, 0) is 30.0 Å². The molecule has 0 aliphatic rings. The fourth-order valence-corrected chi connectivity index (χ4v) is 1.41. The number of aromatic nitrogens is 1. The zero-order valence-electron chi connectivity index (χ0n) is 6.19. The molecular formula is C9H8ClN. The molecule has 0 saturated carbocycles. The maximum absolute atomic E-state index is 5.92. The van der Waals surface area contributed by atoms with Crippen LogP contribution >= 0.6 is 11.6 Å². The van der Waals surface area contributed by atoms with Crippen molar-refractivity contribution in [3.8, 4) is 0 Å². The van der Waals surface area contributed by atoms with Crippen molar-refractivity contribution in [3.05, 3.63) is 35.0 Å². The molecule has 1 aromatic heterocycles. The van der Waals surface area contributed by atoms with Crippen LogP contribution in [0.3, 0.4) is 0 Å². The molecule has 2 heteroatoms. The first-order valence-corrected chi connectivity index (χ1v) is 3.89. The first-order valence-electron chi connectivity index (χ1n) is 3.51. The Morgan fingerprint density at radius 3 is 2.91 bits per heavy atom. The maximum atomic E-state index is 5.92. The molecule has 0 amide bonds. The van der Waals surface area contributed by atoms with Crippen LogP contribution in [0.1, 0.15) is 5.56 Å². The van der Waals surface area contributed by atoms with E-state index in [0.717, 1.165) is 16.1 Å². The highest BCUT2D eigenvalue weighted by molar-refractivity contribution is 6.32. The number of hydrogen-bond acceptors (Lipinski definition) is 0. The molecule has 0 aliphatic carbocycles. The highest BCUT2D eigenvalue weighted by Gasteiger charge is 2.00. The van der Waals surface area contributed by atoms with E-state index in [-0.39, 0.29) is 0 Å². The van der Waals surface area contributed by atoms with Crippen LogP contribution in [0.15, 0.2) is 24.4 Å². The van der Waals surface area contributed by atoms with E-state index < -0.39 is 0 Å². The summed E-state index contributed by atoms with van der Waals surface area (Å²) in [5, 5.41) is 2.03. The topological polar surface area (TPSA) is 15.8 Å². The monoisotopic (exact) mass is 165 g/mol. The van der Waals surface area contributed by atoms with E-state index in [1.165, 1.54) is 5.39 Å². The van der Waals surface area contributed by atoms with Gasteiger partial charge in [-0.2, -0.15) is 0 Å². The molecule has 11 heavy (non-hydrogen) atoms. The number of fused-ring (bicyclic) bond motifs is 1. The van der Waals surface area contributed by atoms with Gasteiger partial charge in [0.2, 0.25) is 0 Å². The van der Waals surface area contributed by atoms with Gasteiger partial charge in [0.1, 0.15) is 0 Å². The van der Waals surface area contributed by atoms with Crippen LogP contribution in [0.2, 0.25) is 5.02 Å². The summed E-state index contributed by atoms with van der Waals surface area (Å²) >= 11 is 5.92. The molecule has 1 aromatic carbocycles. The minimum Gasteiger partial charge on any atom is -0.361 e. The lowest BCUT2D eigenvalue weighted by molar-refractivity contribution is 1.42. The Morgan fingerprint density at radius 2 is 2.09 bits per heavy atom. The minimum atomic E-state index is 0.819. The molecule has 0 spiro atoms. The average Bonchev–Trinajstić information content (AvgIpc) is 2.45. The first-order chi connectivity index (χ1) is 5.29. The lowest BCUT2D eigenvalue weighted by Gasteiger charge is -1.97. The van der Waals surface area contributed by atoms with Gasteiger partial charge in [-0.3, -0.25) is 0 Å². The van der Waals surface area contributed by atoms with E-state index >= 15 is 0 Å².